The van der Waals surface area contributed by atoms with Gasteiger partial charge in [0.2, 0.25) is 0 Å². The van der Waals surface area contributed by atoms with Crippen molar-refractivity contribution in [2.45, 2.75) is 19.5 Å². The average Bonchev–Trinajstić information content (AvgIpc) is 2.78. The highest BCUT2D eigenvalue weighted by Crippen LogP contribution is 2.22. The first-order valence-electron chi connectivity index (χ1n) is 6.18. The molecule has 4 nitrogen and oxygen atoms in total. The van der Waals surface area contributed by atoms with Crippen LogP contribution in [-0.2, 0) is 6.54 Å². The zero-order valence-corrected chi connectivity index (χ0v) is 12.7. The number of nitrogens with two attached hydrogens (primary N) is 1. The number of likely N-dealkylation sites (N-methyl/N-ethyl adjacent to an activating group) is 1. The Balaban J connectivity index is 2.10. The number of rotatable bonds is 5. The molecule has 2 aromatic rings. The van der Waals surface area contributed by atoms with Crippen LogP contribution >= 0.6 is 15.9 Å². The molecule has 1 heterocycles. The van der Waals surface area contributed by atoms with Gasteiger partial charge in [-0.3, -0.25) is 4.90 Å². The van der Waals surface area contributed by atoms with E-state index in [0.29, 0.717) is 6.54 Å². The minimum atomic E-state index is 0.171. The van der Waals surface area contributed by atoms with E-state index in [-0.39, 0.29) is 6.04 Å². The van der Waals surface area contributed by atoms with Gasteiger partial charge in [0.25, 0.3) is 0 Å². The molecule has 0 aliphatic rings. The van der Waals surface area contributed by atoms with Crippen molar-refractivity contribution in [1.29, 1.82) is 0 Å². The van der Waals surface area contributed by atoms with Crippen molar-refractivity contribution in [2.75, 3.05) is 13.6 Å². The van der Waals surface area contributed by atoms with Crippen molar-refractivity contribution in [3.05, 3.63) is 51.8 Å². The maximum absolute atomic E-state index is 5.91. The van der Waals surface area contributed by atoms with Gasteiger partial charge in [-0.1, -0.05) is 33.2 Å². The van der Waals surface area contributed by atoms with E-state index in [1.807, 2.05) is 32.2 Å². The molecule has 0 aliphatic heterocycles. The van der Waals surface area contributed by atoms with Crippen LogP contribution in [0.25, 0.3) is 0 Å². The predicted octanol–water partition coefficient (Wildman–Crippen LogP) is 2.88. The van der Waals surface area contributed by atoms with Crippen LogP contribution in [0.15, 0.2) is 39.3 Å². The molecule has 1 atom stereocenters. The highest BCUT2D eigenvalue weighted by atomic mass is 79.9. The maximum Gasteiger partial charge on any atom is 0.133 e. The Bertz CT molecular complexity index is 524. The Morgan fingerprint density at radius 3 is 2.58 bits per heavy atom. The normalized spacial score (nSPS) is 12.9. The van der Waals surface area contributed by atoms with Gasteiger partial charge in [0.1, 0.15) is 5.76 Å². The van der Waals surface area contributed by atoms with Crippen molar-refractivity contribution < 1.29 is 4.52 Å². The molecular weight excluding hydrogens is 306 g/mol. The van der Waals surface area contributed by atoms with Crippen LogP contribution in [0, 0.1) is 6.92 Å². The fraction of sp³-hybridized carbons (Fsp3) is 0.357. The standard InChI is InChI=1S/C14H18BrN3O/c1-10-7-13(17-19-10)9-18(2)14(8-16)11-3-5-12(15)6-4-11/h3-7,14H,8-9,16H2,1-2H3. The van der Waals surface area contributed by atoms with Gasteiger partial charge >= 0.3 is 0 Å². The molecule has 1 aromatic carbocycles. The summed E-state index contributed by atoms with van der Waals surface area (Å²) in [4.78, 5) is 2.18. The minimum Gasteiger partial charge on any atom is -0.361 e. The summed E-state index contributed by atoms with van der Waals surface area (Å²) in [5.74, 6) is 0.830. The summed E-state index contributed by atoms with van der Waals surface area (Å²) in [5, 5.41) is 4.02. The van der Waals surface area contributed by atoms with Crippen molar-refractivity contribution in [3.63, 3.8) is 0 Å². The van der Waals surface area contributed by atoms with Gasteiger partial charge in [0.05, 0.1) is 5.69 Å². The lowest BCUT2D eigenvalue weighted by atomic mass is 10.1. The first-order chi connectivity index (χ1) is 9.10. The number of hydrogen-bond donors (Lipinski definition) is 1. The Morgan fingerprint density at radius 2 is 2.05 bits per heavy atom. The third-order valence-electron chi connectivity index (χ3n) is 3.10. The molecule has 5 heteroatoms. The number of aryl methyl sites for hydroxylation is 1. The summed E-state index contributed by atoms with van der Waals surface area (Å²) in [6, 6.07) is 10.4. The van der Waals surface area contributed by atoms with E-state index in [1.165, 1.54) is 5.56 Å². The van der Waals surface area contributed by atoms with Gasteiger partial charge in [-0.25, -0.2) is 0 Å². The largest absolute Gasteiger partial charge is 0.361 e. The van der Waals surface area contributed by atoms with Gasteiger partial charge in [-0.2, -0.15) is 0 Å². The second-order valence-corrected chi connectivity index (χ2v) is 5.56. The summed E-state index contributed by atoms with van der Waals surface area (Å²) in [6.07, 6.45) is 0. The van der Waals surface area contributed by atoms with Gasteiger partial charge in [-0.05, 0) is 31.7 Å². The minimum absolute atomic E-state index is 0.171. The van der Waals surface area contributed by atoms with Crippen LogP contribution in [0.4, 0.5) is 0 Å². The second kappa shape index (κ2) is 6.32. The molecule has 0 spiro atoms. The Labute approximate surface area is 121 Å². The Kier molecular flexibility index (Phi) is 4.74. The van der Waals surface area contributed by atoms with Gasteiger partial charge in [-0.15, -0.1) is 0 Å². The SMILES string of the molecule is Cc1cc(CN(C)C(CN)c2ccc(Br)cc2)no1. The number of nitrogens with zero attached hydrogens (tertiary/aromatic N) is 2. The molecule has 102 valence electrons. The van der Waals surface area contributed by atoms with Crippen molar-refractivity contribution in [3.8, 4) is 0 Å². The van der Waals surface area contributed by atoms with Crippen LogP contribution in [-0.4, -0.2) is 23.6 Å². The summed E-state index contributed by atoms with van der Waals surface area (Å²) in [6.45, 7) is 3.18. The van der Waals surface area contributed by atoms with Crippen LogP contribution in [0.1, 0.15) is 23.1 Å². The first kappa shape index (κ1) is 14.2. The van der Waals surface area contributed by atoms with Crippen molar-refractivity contribution in [2.24, 2.45) is 5.73 Å². The third-order valence-corrected chi connectivity index (χ3v) is 3.63. The summed E-state index contributed by atoms with van der Waals surface area (Å²) in [5.41, 5.74) is 8.03. The average molecular weight is 324 g/mol. The van der Waals surface area contributed by atoms with E-state index in [2.05, 4.69) is 38.1 Å². The monoisotopic (exact) mass is 323 g/mol. The highest BCUT2D eigenvalue weighted by Gasteiger charge is 2.16. The molecule has 0 aliphatic carbocycles. The molecule has 1 aromatic heterocycles. The van der Waals surface area contributed by atoms with Gasteiger partial charge in [0.15, 0.2) is 0 Å². The highest BCUT2D eigenvalue weighted by molar-refractivity contribution is 9.10. The number of hydrogen-bond acceptors (Lipinski definition) is 4. The molecule has 0 radical (unpaired) electrons. The lowest BCUT2D eigenvalue weighted by Crippen LogP contribution is -2.30. The number of benzene rings is 1. The predicted molar refractivity (Wildman–Crippen MR) is 78.6 cm³/mol. The molecule has 0 amide bonds. The zero-order valence-electron chi connectivity index (χ0n) is 11.1. The van der Waals surface area contributed by atoms with Crippen molar-refractivity contribution in [1.82, 2.24) is 10.1 Å². The summed E-state index contributed by atoms with van der Waals surface area (Å²) in [7, 11) is 2.05. The van der Waals surface area contributed by atoms with E-state index in [0.717, 1.165) is 22.5 Å². The topological polar surface area (TPSA) is 55.3 Å². The molecule has 0 saturated carbocycles. The van der Waals surface area contributed by atoms with Crippen LogP contribution in [0.2, 0.25) is 0 Å². The third kappa shape index (κ3) is 3.65. The smallest absolute Gasteiger partial charge is 0.133 e. The lowest BCUT2D eigenvalue weighted by Gasteiger charge is -2.26. The molecule has 2 rings (SSSR count). The molecule has 0 fully saturated rings. The molecular formula is C14H18BrN3O. The lowest BCUT2D eigenvalue weighted by molar-refractivity contribution is 0.234. The second-order valence-electron chi connectivity index (χ2n) is 4.65. The van der Waals surface area contributed by atoms with E-state index < -0.39 is 0 Å². The van der Waals surface area contributed by atoms with Gasteiger partial charge < -0.3 is 10.3 Å². The van der Waals surface area contributed by atoms with Gasteiger partial charge in [0, 0.05) is 29.7 Å². The van der Waals surface area contributed by atoms with Crippen LogP contribution in [0.3, 0.4) is 0 Å². The summed E-state index contributed by atoms with van der Waals surface area (Å²) < 4.78 is 6.16. The van der Waals surface area contributed by atoms with Crippen molar-refractivity contribution >= 4 is 15.9 Å². The fourth-order valence-corrected chi connectivity index (χ4v) is 2.38. The fourth-order valence-electron chi connectivity index (χ4n) is 2.11. The van der Waals surface area contributed by atoms with E-state index in [9.17, 15) is 0 Å². The molecule has 0 saturated heterocycles. The van der Waals surface area contributed by atoms with E-state index in [4.69, 9.17) is 10.3 Å². The Hall–Kier alpha value is -1.17. The molecule has 1 unspecified atom stereocenters. The van der Waals surface area contributed by atoms with Crippen LogP contribution in [0.5, 0.6) is 0 Å². The van der Waals surface area contributed by atoms with E-state index >= 15 is 0 Å². The molecule has 0 bridgehead atoms. The first-order valence-corrected chi connectivity index (χ1v) is 6.97. The number of halogens is 1. The quantitative estimate of drug-likeness (QED) is 0.919. The zero-order chi connectivity index (χ0) is 13.8. The Morgan fingerprint density at radius 1 is 1.37 bits per heavy atom. The number of aromatic nitrogens is 1. The van der Waals surface area contributed by atoms with E-state index in [1.54, 1.807) is 0 Å². The maximum atomic E-state index is 5.91. The molecule has 2 N–H and O–H groups in total. The summed E-state index contributed by atoms with van der Waals surface area (Å²) >= 11 is 3.44. The molecule has 19 heavy (non-hydrogen) atoms. The van der Waals surface area contributed by atoms with Crippen LogP contribution < -0.4 is 5.73 Å².